The Hall–Kier alpha value is -1.63. The molecule has 0 bridgehead atoms. The minimum atomic E-state index is -0.174. The number of urea groups is 1. The van der Waals surface area contributed by atoms with Crippen LogP contribution in [-0.4, -0.2) is 42.5 Å². The van der Waals surface area contributed by atoms with Gasteiger partial charge in [0.1, 0.15) is 0 Å². The van der Waals surface area contributed by atoms with Crippen LogP contribution in [0.2, 0.25) is 0 Å². The summed E-state index contributed by atoms with van der Waals surface area (Å²) in [6.07, 6.45) is 3.69. The Labute approximate surface area is 118 Å². The van der Waals surface area contributed by atoms with E-state index in [9.17, 15) is 4.79 Å². The lowest BCUT2D eigenvalue weighted by molar-refractivity contribution is 0.145. The van der Waals surface area contributed by atoms with Gasteiger partial charge in [-0.2, -0.15) is 4.98 Å². The second-order valence-electron chi connectivity index (χ2n) is 4.81. The van der Waals surface area contributed by atoms with Crippen LogP contribution in [0.1, 0.15) is 43.8 Å². The average molecular weight is 282 g/mol. The first-order valence-corrected chi connectivity index (χ1v) is 7.21. The van der Waals surface area contributed by atoms with E-state index in [1.807, 2.05) is 6.92 Å². The highest BCUT2D eigenvalue weighted by molar-refractivity contribution is 5.73. The molecule has 1 fully saturated rings. The van der Waals surface area contributed by atoms with E-state index in [1.165, 1.54) is 0 Å². The van der Waals surface area contributed by atoms with E-state index in [0.29, 0.717) is 44.5 Å². The number of hydrogen-bond donors (Lipinski definition) is 2. The van der Waals surface area contributed by atoms with Crippen molar-refractivity contribution in [2.45, 2.75) is 38.5 Å². The maximum Gasteiger partial charge on any atom is 0.314 e. The van der Waals surface area contributed by atoms with Gasteiger partial charge in [0, 0.05) is 38.6 Å². The van der Waals surface area contributed by atoms with Gasteiger partial charge in [0.05, 0.1) is 0 Å². The van der Waals surface area contributed by atoms with Gasteiger partial charge in [0.2, 0.25) is 5.89 Å². The average Bonchev–Trinajstić information content (AvgIpc) is 3.19. The van der Waals surface area contributed by atoms with Gasteiger partial charge in [-0.05, 0) is 26.2 Å². The van der Waals surface area contributed by atoms with E-state index >= 15 is 0 Å². The van der Waals surface area contributed by atoms with Gasteiger partial charge in [0.15, 0.2) is 5.82 Å². The second-order valence-corrected chi connectivity index (χ2v) is 4.81. The summed E-state index contributed by atoms with van der Waals surface area (Å²) in [4.78, 5) is 15.8. The number of rotatable bonds is 9. The van der Waals surface area contributed by atoms with Crippen LogP contribution >= 0.6 is 0 Å². The van der Waals surface area contributed by atoms with Crippen molar-refractivity contribution in [3.8, 4) is 0 Å². The molecule has 1 aliphatic carbocycles. The number of nitrogens with one attached hydrogen (secondary N) is 2. The molecular weight excluding hydrogens is 260 g/mol. The molecule has 1 aromatic heterocycles. The summed E-state index contributed by atoms with van der Waals surface area (Å²) >= 11 is 0. The van der Waals surface area contributed by atoms with Crippen molar-refractivity contribution in [3.63, 3.8) is 0 Å². The number of hydrogen-bond acceptors (Lipinski definition) is 5. The minimum Gasteiger partial charge on any atom is -0.382 e. The van der Waals surface area contributed by atoms with Crippen molar-refractivity contribution in [2.75, 3.05) is 26.3 Å². The van der Waals surface area contributed by atoms with Gasteiger partial charge in [-0.25, -0.2) is 4.79 Å². The molecule has 20 heavy (non-hydrogen) atoms. The predicted octanol–water partition coefficient (Wildman–Crippen LogP) is 1.22. The quantitative estimate of drug-likeness (QED) is 0.665. The predicted molar refractivity (Wildman–Crippen MR) is 72.5 cm³/mol. The Morgan fingerprint density at radius 2 is 2.20 bits per heavy atom. The van der Waals surface area contributed by atoms with Crippen molar-refractivity contribution in [1.82, 2.24) is 20.8 Å². The highest BCUT2D eigenvalue weighted by atomic mass is 16.5. The van der Waals surface area contributed by atoms with E-state index in [0.717, 1.165) is 25.2 Å². The number of amides is 2. The highest BCUT2D eigenvalue weighted by Gasteiger charge is 2.29. The van der Waals surface area contributed by atoms with Crippen LogP contribution in [0, 0.1) is 0 Å². The zero-order valence-corrected chi connectivity index (χ0v) is 11.9. The molecule has 1 saturated carbocycles. The molecule has 2 N–H and O–H groups in total. The summed E-state index contributed by atoms with van der Waals surface area (Å²) in [7, 11) is 0. The van der Waals surface area contributed by atoms with E-state index in [4.69, 9.17) is 9.26 Å². The Bertz CT molecular complexity index is 418. The topological polar surface area (TPSA) is 89.3 Å². The molecule has 0 unspecified atom stereocenters. The molecule has 7 nitrogen and oxygen atoms in total. The molecule has 0 aromatic carbocycles. The highest BCUT2D eigenvalue weighted by Crippen LogP contribution is 2.38. The lowest BCUT2D eigenvalue weighted by Gasteiger charge is -2.06. The standard InChI is InChI=1S/C13H22N4O3/c1-2-19-9-3-7-14-13(18)15-8-6-11-16-12(20-17-11)10-4-5-10/h10H,2-9H2,1H3,(H2,14,15,18). The van der Waals surface area contributed by atoms with E-state index in [2.05, 4.69) is 20.8 Å². The molecule has 0 radical (unpaired) electrons. The number of nitrogens with zero attached hydrogens (tertiary/aromatic N) is 2. The second kappa shape index (κ2) is 7.84. The summed E-state index contributed by atoms with van der Waals surface area (Å²) in [5.41, 5.74) is 0. The number of carbonyl (C=O) groups is 1. The summed E-state index contributed by atoms with van der Waals surface area (Å²) in [5, 5.41) is 9.43. The molecule has 112 valence electrons. The monoisotopic (exact) mass is 282 g/mol. The third-order valence-electron chi connectivity index (χ3n) is 3.00. The SMILES string of the molecule is CCOCCCNC(=O)NCCc1noc(C2CC2)n1. The van der Waals surface area contributed by atoms with Crippen molar-refractivity contribution in [2.24, 2.45) is 0 Å². The lowest BCUT2D eigenvalue weighted by atomic mass is 10.4. The number of carbonyl (C=O) groups excluding carboxylic acids is 1. The molecule has 0 saturated heterocycles. The Morgan fingerprint density at radius 3 is 2.95 bits per heavy atom. The minimum absolute atomic E-state index is 0.174. The summed E-state index contributed by atoms with van der Waals surface area (Å²) < 4.78 is 10.3. The Kier molecular flexibility index (Phi) is 5.79. The number of ether oxygens (including phenoxy) is 1. The van der Waals surface area contributed by atoms with Crippen LogP contribution in [0.4, 0.5) is 4.79 Å². The zero-order valence-electron chi connectivity index (χ0n) is 11.9. The van der Waals surface area contributed by atoms with Crippen molar-refractivity contribution < 1.29 is 14.1 Å². The fraction of sp³-hybridized carbons (Fsp3) is 0.769. The normalized spacial score (nSPS) is 14.2. The van der Waals surface area contributed by atoms with E-state index < -0.39 is 0 Å². The number of aromatic nitrogens is 2. The smallest absolute Gasteiger partial charge is 0.314 e. The van der Waals surface area contributed by atoms with Gasteiger partial charge in [-0.15, -0.1) is 0 Å². The summed E-state index contributed by atoms with van der Waals surface area (Å²) in [6, 6.07) is -0.174. The molecule has 1 aliphatic rings. The van der Waals surface area contributed by atoms with E-state index in [-0.39, 0.29) is 6.03 Å². The van der Waals surface area contributed by atoms with Gasteiger partial charge < -0.3 is 19.9 Å². The molecule has 2 rings (SSSR count). The van der Waals surface area contributed by atoms with E-state index in [1.54, 1.807) is 0 Å². The van der Waals surface area contributed by atoms with Gasteiger partial charge in [-0.1, -0.05) is 5.16 Å². The first-order valence-electron chi connectivity index (χ1n) is 7.21. The van der Waals surface area contributed by atoms with Gasteiger partial charge in [0.25, 0.3) is 0 Å². The third-order valence-corrected chi connectivity index (χ3v) is 3.00. The van der Waals surface area contributed by atoms with Gasteiger partial charge >= 0.3 is 6.03 Å². The fourth-order valence-corrected chi connectivity index (χ4v) is 1.74. The zero-order chi connectivity index (χ0) is 14.2. The molecule has 1 heterocycles. The molecule has 2 amide bonds. The molecular formula is C13H22N4O3. The molecule has 7 heteroatoms. The van der Waals surface area contributed by atoms with Crippen molar-refractivity contribution >= 4 is 6.03 Å². The third kappa shape index (κ3) is 5.16. The molecule has 0 spiro atoms. The van der Waals surface area contributed by atoms with Crippen molar-refractivity contribution in [3.05, 3.63) is 11.7 Å². The maximum atomic E-state index is 11.5. The van der Waals surface area contributed by atoms with Crippen LogP contribution < -0.4 is 10.6 Å². The van der Waals surface area contributed by atoms with Crippen LogP contribution in [0.15, 0.2) is 4.52 Å². The fourth-order valence-electron chi connectivity index (χ4n) is 1.74. The van der Waals surface area contributed by atoms with Crippen LogP contribution in [0.25, 0.3) is 0 Å². The lowest BCUT2D eigenvalue weighted by Crippen LogP contribution is -2.37. The summed E-state index contributed by atoms with van der Waals surface area (Å²) in [5.74, 6) is 1.86. The first-order chi connectivity index (χ1) is 9.79. The van der Waals surface area contributed by atoms with Crippen molar-refractivity contribution in [1.29, 1.82) is 0 Å². The first kappa shape index (κ1) is 14.8. The van der Waals surface area contributed by atoms with Crippen LogP contribution in [0.3, 0.4) is 0 Å². The molecule has 0 atom stereocenters. The Morgan fingerprint density at radius 1 is 1.40 bits per heavy atom. The molecule has 0 aliphatic heterocycles. The largest absolute Gasteiger partial charge is 0.382 e. The maximum absolute atomic E-state index is 11.5. The summed E-state index contributed by atoms with van der Waals surface area (Å²) in [6.45, 7) is 4.44. The Balaban J connectivity index is 1.52. The van der Waals surface area contributed by atoms with Crippen LogP contribution in [-0.2, 0) is 11.2 Å². The molecule has 1 aromatic rings. The van der Waals surface area contributed by atoms with Crippen LogP contribution in [0.5, 0.6) is 0 Å². The van der Waals surface area contributed by atoms with Gasteiger partial charge in [-0.3, -0.25) is 0 Å².